The lowest BCUT2D eigenvalue weighted by atomic mass is 9.99. The van der Waals surface area contributed by atoms with E-state index < -0.39 is 11.9 Å². The van der Waals surface area contributed by atoms with Gasteiger partial charge in [-0.25, -0.2) is 4.79 Å². The van der Waals surface area contributed by atoms with Gasteiger partial charge in [-0.15, -0.1) is 0 Å². The van der Waals surface area contributed by atoms with Crippen LogP contribution in [0.15, 0.2) is 24.3 Å². The Morgan fingerprint density at radius 2 is 2.15 bits per heavy atom. The van der Waals surface area contributed by atoms with Crippen molar-refractivity contribution >= 4 is 17.7 Å². The van der Waals surface area contributed by atoms with Crippen molar-refractivity contribution in [3.63, 3.8) is 0 Å². The quantitative estimate of drug-likeness (QED) is 0.863. The topological polar surface area (TPSA) is 81.1 Å². The number of piperidine rings is 1. The molecule has 0 radical (unpaired) electrons. The van der Waals surface area contributed by atoms with Gasteiger partial charge in [0.2, 0.25) is 0 Å². The van der Waals surface area contributed by atoms with Crippen LogP contribution in [0.4, 0.5) is 10.5 Å². The fourth-order valence-electron chi connectivity index (χ4n) is 2.38. The maximum absolute atomic E-state index is 12.4. The van der Waals surface area contributed by atoms with Crippen molar-refractivity contribution in [2.45, 2.75) is 12.8 Å². The van der Waals surface area contributed by atoms with Gasteiger partial charge in [-0.05, 0) is 25.0 Å². The average molecular weight is 278 g/mol. The van der Waals surface area contributed by atoms with Gasteiger partial charge in [0, 0.05) is 31.9 Å². The first-order valence-corrected chi connectivity index (χ1v) is 6.53. The molecule has 6 heteroatoms. The van der Waals surface area contributed by atoms with E-state index in [0.29, 0.717) is 25.1 Å². The van der Waals surface area contributed by atoms with Crippen LogP contribution in [0.2, 0.25) is 0 Å². The molecule has 0 unspecified atom stereocenters. The number of rotatable bonds is 2. The average Bonchev–Trinajstić information content (AvgIpc) is 2.45. The normalized spacial score (nSPS) is 18.6. The Morgan fingerprint density at radius 1 is 1.40 bits per heavy atom. The van der Waals surface area contributed by atoms with Crippen LogP contribution in [0.5, 0.6) is 5.75 Å². The molecule has 0 bridgehead atoms. The van der Waals surface area contributed by atoms with Gasteiger partial charge < -0.3 is 15.1 Å². The Bertz CT molecular complexity index is 518. The van der Waals surface area contributed by atoms with Crippen LogP contribution in [0.1, 0.15) is 12.8 Å². The smallest absolute Gasteiger partial charge is 0.324 e. The molecule has 2 rings (SSSR count). The van der Waals surface area contributed by atoms with Gasteiger partial charge in [0.1, 0.15) is 5.75 Å². The third kappa shape index (κ3) is 3.01. The highest BCUT2D eigenvalue weighted by Gasteiger charge is 2.29. The number of amides is 2. The van der Waals surface area contributed by atoms with E-state index in [1.807, 2.05) is 0 Å². The molecule has 1 saturated heterocycles. The van der Waals surface area contributed by atoms with Crippen molar-refractivity contribution in [1.29, 1.82) is 0 Å². The molecule has 1 heterocycles. The number of phenolic OH excluding ortho intramolecular Hbond substituents is 1. The first-order valence-electron chi connectivity index (χ1n) is 6.53. The summed E-state index contributed by atoms with van der Waals surface area (Å²) in [5, 5.41) is 18.5. The summed E-state index contributed by atoms with van der Waals surface area (Å²) in [6, 6.07) is 6.15. The Kier molecular flexibility index (Phi) is 4.12. The molecular weight excluding hydrogens is 260 g/mol. The van der Waals surface area contributed by atoms with Crippen LogP contribution in [-0.4, -0.2) is 47.3 Å². The first kappa shape index (κ1) is 14.2. The summed E-state index contributed by atoms with van der Waals surface area (Å²) in [5.74, 6) is -1.27. The van der Waals surface area contributed by atoms with Crippen LogP contribution >= 0.6 is 0 Å². The van der Waals surface area contributed by atoms with Crippen molar-refractivity contribution in [3.05, 3.63) is 24.3 Å². The van der Waals surface area contributed by atoms with Crippen molar-refractivity contribution in [2.24, 2.45) is 5.92 Å². The highest BCUT2D eigenvalue weighted by Crippen LogP contribution is 2.22. The molecule has 1 aliphatic rings. The van der Waals surface area contributed by atoms with E-state index in [9.17, 15) is 14.7 Å². The lowest BCUT2D eigenvalue weighted by Crippen LogP contribution is -2.47. The minimum atomic E-state index is -0.859. The zero-order valence-corrected chi connectivity index (χ0v) is 11.3. The molecule has 1 aromatic carbocycles. The molecule has 0 aromatic heterocycles. The summed E-state index contributed by atoms with van der Waals surface area (Å²) in [6.07, 6.45) is 1.30. The van der Waals surface area contributed by atoms with E-state index in [0.717, 1.165) is 0 Å². The lowest BCUT2D eigenvalue weighted by Gasteiger charge is -2.33. The number of hydrogen-bond acceptors (Lipinski definition) is 3. The van der Waals surface area contributed by atoms with Crippen LogP contribution in [0.3, 0.4) is 0 Å². The SMILES string of the molecule is CN(C(=O)N1CCC[C@@H](C(=O)O)C1)c1cccc(O)c1. The number of nitrogens with zero attached hydrogens (tertiary/aromatic N) is 2. The molecule has 1 aliphatic heterocycles. The summed E-state index contributed by atoms with van der Waals surface area (Å²) >= 11 is 0. The second kappa shape index (κ2) is 5.81. The molecule has 0 saturated carbocycles. The zero-order valence-electron chi connectivity index (χ0n) is 11.3. The third-order valence-corrected chi connectivity index (χ3v) is 3.55. The number of aromatic hydroxyl groups is 1. The first-order chi connectivity index (χ1) is 9.49. The van der Waals surface area contributed by atoms with Gasteiger partial charge in [-0.2, -0.15) is 0 Å². The van der Waals surface area contributed by atoms with E-state index in [-0.39, 0.29) is 18.3 Å². The number of phenols is 1. The van der Waals surface area contributed by atoms with Gasteiger partial charge in [0.05, 0.1) is 5.92 Å². The minimum Gasteiger partial charge on any atom is -0.508 e. The highest BCUT2D eigenvalue weighted by molar-refractivity contribution is 5.92. The number of benzene rings is 1. The Morgan fingerprint density at radius 3 is 2.80 bits per heavy atom. The van der Waals surface area contributed by atoms with Crippen molar-refractivity contribution in [2.75, 3.05) is 25.0 Å². The number of carbonyl (C=O) groups excluding carboxylic acids is 1. The summed E-state index contributed by atoms with van der Waals surface area (Å²) in [6.45, 7) is 0.795. The monoisotopic (exact) mass is 278 g/mol. The largest absolute Gasteiger partial charge is 0.508 e. The minimum absolute atomic E-state index is 0.0872. The summed E-state index contributed by atoms with van der Waals surface area (Å²) < 4.78 is 0. The standard InChI is InChI=1S/C14H18N2O4/c1-15(11-5-2-6-12(17)8-11)14(20)16-7-3-4-10(9-16)13(18)19/h2,5-6,8,10,17H,3-4,7,9H2,1H3,(H,18,19)/t10-/m1/s1. The summed E-state index contributed by atoms with van der Waals surface area (Å²) in [7, 11) is 1.61. The van der Waals surface area contributed by atoms with Crippen LogP contribution in [-0.2, 0) is 4.79 Å². The molecular formula is C14H18N2O4. The van der Waals surface area contributed by atoms with Crippen molar-refractivity contribution in [1.82, 2.24) is 4.90 Å². The maximum Gasteiger partial charge on any atom is 0.324 e. The van der Waals surface area contributed by atoms with E-state index in [4.69, 9.17) is 5.11 Å². The fourth-order valence-corrected chi connectivity index (χ4v) is 2.38. The van der Waals surface area contributed by atoms with Gasteiger partial charge in [-0.1, -0.05) is 6.07 Å². The highest BCUT2D eigenvalue weighted by atomic mass is 16.4. The summed E-state index contributed by atoms with van der Waals surface area (Å²) in [4.78, 5) is 26.3. The van der Waals surface area contributed by atoms with Gasteiger partial charge >= 0.3 is 12.0 Å². The summed E-state index contributed by atoms with van der Waals surface area (Å²) in [5.41, 5.74) is 0.576. The Labute approximate surface area is 117 Å². The molecule has 1 atom stereocenters. The van der Waals surface area contributed by atoms with Gasteiger partial charge in [0.15, 0.2) is 0 Å². The number of carboxylic acid groups (broad SMARTS) is 1. The van der Waals surface area contributed by atoms with Crippen LogP contribution in [0, 0.1) is 5.92 Å². The van der Waals surface area contributed by atoms with Gasteiger partial charge in [-0.3, -0.25) is 9.69 Å². The molecule has 1 fully saturated rings. The molecule has 20 heavy (non-hydrogen) atoms. The zero-order chi connectivity index (χ0) is 14.7. The van der Waals surface area contributed by atoms with E-state index in [1.165, 1.54) is 17.0 Å². The Hall–Kier alpha value is -2.24. The van der Waals surface area contributed by atoms with Gasteiger partial charge in [0.25, 0.3) is 0 Å². The fraction of sp³-hybridized carbons (Fsp3) is 0.429. The lowest BCUT2D eigenvalue weighted by molar-refractivity contribution is -0.143. The predicted octanol–water partition coefficient (Wildman–Crippen LogP) is 1.75. The molecule has 0 spiro atoms. The number of carboxylic acids is 1. The van der Waals surface area contributed by atoms with Crippen molar-refractivity contribution < 1.29 is 19.8 Å². The van der Waals surface area contributed by atoms with E-state index in [1.54, 1.807) is 24.1 Å². The number of hydrogen-bond donors (Lipinski definition) is 2. The Balaban J connectivity index is 2.08. The molecule has 2 amide bonds. The molecule has 0 aliphatic carbocycles. The number of anilines is 1. The van der Waals surface area contributed by atoms with Crippen molar-refractivity contribution in [3.8, 4) is 5.75 Å². The van der Waals surface area contributed by atoms with Crippen LogP contribution < -0.4 is 4.90 Å². The second-order valence-electron chi connectivity index (χ2n) is 4.98. The van der Waals surface area contributed by atoms with E-state index in [2.05, 4.69) is 0 Å². The molecule has 2 N–H and O–H groups in total. The van der Waals surface area contributed by atoms with Crippen LogP contribution in [0.25, 0.3) is 0 Å². The number of carbonyl (C=O) groups is 2. The second-order valence-corrected chi connectivity index (χ2v) is 4.98. The molecule has 1 aromatic rings. The predicted molar refractivity (Wildman–Crippen MR) is 73.8 cm³/mol. The number of likely N-dealkylation sites (tertiary alicyclic amines) is 1. The maximum atomic E-state index is 12.4. The molecule has 6 nitrogen and oxygen atoms in total. The number of urea groups is 1. The molecule has 108 valence electrons. The number of aliphatic carboxylic acids is 1. The van der Waals surface area contributed by atoms with E-state index >= 15 is 0 Å². The third-order valence-electron chi connectivity index (χ3n) is 3.55.